The van der Waals surface area contributed by atoms with Crippen LogP contribution in [-0.4, -0.2) is 14.6 Å². The number of hydrogen-bond donors (Lipinski definition) is 0. The Kier molecular flexibility index (Phi) is 3.89. The molecule has 0 aliphatic carbocycles. The average Bonchev–Trinajstić information content (AvgIpc) is 2.43. The Hall–Kier alpha value is -0.160. The fraction of sp³-hybridized carbons (Fsp3) is 0.0769. The van der Waals surface area contributed by atoms with Crippen LogP contribution in [0.4, 0.5) is 0 Å². The molecule has 0 atom stereocenters. The second-order valence-corrected chi connectivity index (χ2v) is 7.49. The number of benzene rings is 2. The molecule has 0 aliphatic heterocycles. The molecule has 0 spiro atoms. The summed E-state index contributed by atoms with van der Waals surface area (Å²) in [5.74, 6) is 0. The summed E-state index contributed by atoms with van der Waals surface area (Å²) in [5.41, 5.74) is 0.658. The molecule has 0 N–H and O–H groups in total. The molecular formula is C13H7Cl5O2S. The van der Waals surface area contributed by atoms with Gasteiger partial charge in [-0.25, -0.2) is 8.42 Å². The lowest BCUT2D eigenvalue weighted by atomic mass is 10.1. The number of halogens is 5. The van der Waals surface area contributed by atoms with Gasteiger partial charge < -0.3 is 0 Å². The third-order valence-electron chi connectivity index (χ3n) is 2.61. The van der Waals surface area contributed by atoms with Crippen molar-refractivity contribution in [2.45, 2.75) is 4.90 Å². The van der Waals surface area contributed by atoms with Crippen LogP contribution in [0.25, 0.3) is 11.1 Å². The second kappa shape index (κ2) is 6.15. The summed E-state index contributed by atoms with van der Waals surface area (Å²) in [6.45, 7) is 0. The maximum absolute atomic E-state index is 12.1. The molecule has 0 saturated carbocycles. The first kappa shape index (κ1) is 13.3. The fourth-order valence-corrected chi connectivity index (χ4v) is 3.71. The van der Waals surface area contributed by atoms with Gasteiger partial charge in [-0.1, -0.05) is 58.0 Å². The Labute approximate surface area is 151 Å². The molecule has 2 aromatic carbocycles. The van der Waals surface area contributed by atoms with Crippen LogP contribution < -0.4 is 0 Å². The Morgan fingerprint density at radius 2 is 1.24 bits per heavy atom. The van der Waals surface area contributed by atoms with Crippen LogP contribution >= 0.6 is 58.0 Å². The Morgan fingerprint density at radius 3 is 1.81 bits per heavy atom. The van der Waals surface area contributed by atoms with Crippen molar-refractivity contribution < 1.29 is 12.5 Å². The molecule has 0 fully saturated rings. The van der Waals surface area contributed by atoms with Crippen LogP contribution in [0, 0.1) is 0 Å². The summed E-state index contributed by atoms with van der Waals surface area (Å²) < 4.78 is 45.5. The third-order valence-corrected chi connectivity index (χ3v) is 5.30. The smallest absolute Gasteiger partial charge is 0.177 e. The maximum Gasteiger partial charge on any atom is 0.177 e. The minimum Gasteiger partial charge on any atom is -0.224 e. The summed E-state index contributed by atoms with van der Waals surface area (Å²) in [7, 11) is -4.65. The van der Waals surface area contributed by atoms with Gasteiger partial charge in [0.1, 0.15) is 0 Å². The van der Waals surface area contributed by atoms with E-state index in [1.165, 1.54) is 18.2 Å². The van der Waals surface area contributed by atoms with E-state index in [0.29, 0.717) is 5.56 Å². The van der Waals surface area contributed by atoms with Gasteiger partial charge in [-0.05, 0) is 24.3 Å². The second-order valence-electron chi connectivity index (χ2n) is 4.01. The van der Waals surface area contributed by atoms with Gasteiger partial charge >= 0.3 is 0 Å². The van der Waals surface area contributed by atoms with Crippen molar-refractivity contribution >= 4 is 67.8 Å². The molecule has 2 nitrogen and oxygen atoms in total. The van der Waals surface area contributed by atoms with E-state index in [1.54, 1.807) is 0 Å². The Bertz CT molecular complexity index is 926. The largest absolute Gasteiger partial charge is 0.224 e. The molecule has 2 aromatic rings. The van der Waals surface area contributed by atoms with Crippen LogP contribution in [0.2, 0.25) is 25.1 Å². The molecule has 0 amide bonds. The molecule has 0 heterocycles. The van der Waals surface area contributed by atoms with E-state index >= 15 is 0 Å². The van der Waals surface area contributed by atoms with Crippen LogP contribution in [0.5, 0.6) is 0 Å². The van der Waals surface area contributed by atoms with Crippen LogP contribution in [0.15, 0.2) is 29.2 Å². The third kappa shape index (κ3) is 3.61. The van der Waals surface area contributed by atoms with Crippen LogP contribution in [0.1, 0.15) is 4.11 Å². The lowest BCUT2D eigenvalue weighted by Gasteiger charge is -2.11. The highest BCUT2D eigenvalue weighted by molar-refractivity contribution is 7.90. The zero-order chi connectivity index (χ0) is 18.4. The van der Waals surface area contributed by atoms with E-state index < -0.39 is 20.9 Å². The van der Waals surface area contributed by atoms with E-state index in [4.69, 9.17) is 62.1 Å². The van der Waals surface area contributed by atoms with Crippen molar-refractivity contribution in [3.05, 3.63) is 49.4 Å². The van der Waals surface area contributed by atoms with Gasteiger partial charge in [0.2, 0.25) is 0 Å². The first-order valence-corrected chi connectivity index (χ1v) is 8.62. The molecule has 8 heteroatoms. The first-order chi connectivity index (χ1) is 10.9. The topological polar surface area (TPSA) is 34.1 Å². The van der Waals surface area contributed by atoms with Gasteiger partial charge in [-0.3, -0.25) is 0 Å². The van der Waals surface area contributed by atoms with Crippen LogP contribution in [0.3, 0.4) is 0 Å². The molecule has 0 bridgehead atoms. The predicted octanol–water partition coefficient (Wildman–Crippen LogP) is 6.02. The van der Waals surface area contributed by atoms with Crippen molar-refractivity contribution in [3.8, 4) is 11.1 Å². The minimum atomic E-state index is -4.65. The van der Waals surface area contributed by atoms with Crippen molar-refractivity contribution in [1.82, 2.24) is 0 Å². The lowest BCUT2D eigenvalue weighted by molar-refractivity contribution is 0.602. The van der Waals surface area contributed by atoms with Crippen LogP contribution in [-0.2, 0) is 9.84 Å². The van der Waals surface area contributed by atoms with Gasteiger partial charge in [-0.15, -0.1) is 0 Å². The quantitative estimate of drug-likeness (QED) is 0.567. The first-order valence-electron chi connectivity index (χ1n) is 6.75. The normalized spacial score (nSPS) is 14.4. The fourth-order valence-electron chi connectivity index (χ4n) is 1.67. The van der Waals surface area contributed by atoms with E-state index in [2.05, 4.69) is 0 Å². The van der Waals surface area contributed by atoms with E-state index in [-0.39, 0.29) is 30.7 Å². The zero-order valence-corrected chi connectivity index (χ0v) is 14.5. The van der Waals surface area contributed by atoms with Gasteiger partial charge in [0.05, 0.1) is 25.0 Å². The summed E-state index contributed by atoms with van der Waals surface area (Å²) in [6, 6.07) is 5.04. The minimum absolute atomic E-state index is 0.0532. The zero-order valence-electron chi connectivity index (χ0n) is 12.9. The predicted molar refractivity (Wildman–Crippen MR) is 90.0 cm³/mol. The summed E-state index contributed by atoms with van der Waals surface area (Å²) in [6.07, 6.45) is -3.26. The van der Waals surface area contributed by atoms with Gasteiger partial charge in [0.15, 0.2) is 9.84 Å². The highest BCUT2D eigenvalue weighted by Gasteiger charge is 2.18. The molecule has 0 radical (unpaired) electrons. The maximum atomic E-state index is 12.1. The van der Waals surface area contributed by atoms with Gasteiger partial charge in [0.25, 0.3) is 0 Å². The number of rotatable bonds is 2. The number of sulfone groups is 1. The van der Waals surface area contributed by atoms with Crippen molar-refractivity contribution in [1.29, 1.82) is 0 Å². The number of hydrogen-bond acceptors (Lipinski definition) is 2. The van der Waals surface area contributed by atoms with Gasteiger partial charge in [-0.2, -0.15) is 0 Å². The molecule has 2 rings (SSSR count). The van der Waals surface area contributed by atoms with E-state index in [1.807, 2.05) is 0 Å². The molecule has 21 heavy (non-hydrogen) atoms. The van der Waals surface area contributed by atoms with Crippen molar-refractivity contribution in [3.63, 3.8) is 0 Å². The molecular weight excluding hydrogens is 397 g/mol. The molecule has 112 valence electrons. The van der Waals surface area contributed by atoms with E-state index in [9.17, 15) is 8.42 Å². The lowest BCUT2D eigenvalue weighted by Crippen LogP contribution is -1.99. The monoisotopic (exact) mass is 408 g/mol. The summed E-state index contributed by atoms with van der Waals surface area (Å²) in [4.78, 5) is -0.589. The summed E-state index contributed by atoms with van der Waals surface area (Å²) >= 11 is 30.0. The van der Waals surface area contributed by atoms with Crippen molar-refractivity contribution in [2.75, 3.05) is 6.18 Å². The molecule has 0 saturated heterocycles. The molecule has 0 aromatic heterocycles. The van der Waals surface area contributed by atoms with E-state index in [0.717, 1.165) is 6.07 Å². The summed E-state index contributed by atoms with van der Waals surface area (Å²) in [5, 5.41) is 0.306. The highest BCUT2D eigenvalue weighted by Crippen LogP contribution is 2.40. The van der Waals surface area contributed by atoms with Crippen molar-refractivity contribution in [2.24, 2.45) is 0 Å². The molecule has 0 aliphatic rings. The van der Waals surface area contributed by atoms with Gasteiger partial charge in [0, 0.05) is 26.4 Å². The SMILES string of the molecule is [3H]C([3H])([3H])S(=O)(=O)c1cc(Cl)c(-c2cc(Cl)c(Cl)cc2Cl)cc1Cl. The molecule has 0 unspecified atom stereocenters. The average molecular weight is 411 g/mol. The Morgan fingerprint density at radius 1 is 0.762 bits per heavy atom. The standard InChI is InChI=1S/C13H7Cl5O2S/c1-21(19,20)13-5-9(15)7(3-12(13)18)6-2-10(16)11(17)4-8(6)14/h2-5H,1H3/i1T3. The Balaban J connectivity index is 2.71. The highest BCUT2D eigenvalue weighted by atomic mass is 35.5.